The lowest BCUT2D eigenvalue weighted by Gasteiger charge is -2.04. The largest absolute Gasteiger partial charge is 0.405 e. The molecule has 0 bridgehead atoms. The first-order chi connectivity index (χ1) is 6.22. The van der Waals surface area contributed by atoms with Gasteiger partial charge in [-0.25, -0.2) is 0 Å². The number of nitrogens with two attached hydrogens (primary N) is 1. The van der Waals surface area contributed by atoms with Gasteiger partial charge in [0.05, 0.1) is 5.69 Å². The van der Waals surface area contributed by atoms with Crippen LogP contribution in [0.25, 0.3) is 6.08 Å². The van der Waals surface area contributed by atoms with Gasteiger partial charge in [-0.1, -0.05) is 19.9 Å². The molecule has 1 heterocycles. The van der Waals surface area contributed by atoms with Gasteiger partial charge >= 0.3 is 0 Å². The number of rotatable bonds is 3. The molecule has 13 heavy (non-hydrogen) atoms. The Labute approximate surface area is 79.5 Å². The Bertz CT molecular complexity index is 290. The molecule has 1 aromatic heterocycles. The van der Waals surface area contributed by atoms with E-state index in [1.165, 1.54) is 6.20 Å². The second-order valence-corrected chi connectivity index (χ2v) is 3.51. The highest BCUT2D eigenvalue weighted by atomic mass is 14.7. The SMILES string of the molecule is CC(C)Cc1cccc(/C=C\N)n1. The Balaban J connectivity index is 2.79. The quantitative estimate of drug-likeness (QED) is 0.766. The van der Waals surface area contributed by atoms with E-state index in [9.17, 15) is 0 Å². The molecule has 0 fully saturated rings. The smallest absolute Gasteiger partial charge is 0.0647 e. The van der Waals surface area contributed by atoms with Crippen molar-refractivity contribution in [1.29, 1.82) is 0 Å². The van der Waals surface area contributed by atoms with Gasteiger partial charge in [0.2, 0.25) is 0 Å². The van der Waals surface area contributed by atoms with Crippen LogP contribution in [0.1, 0.15) is 25.2 Å². The highest BCUT2D eigenvalue weighted by Gasteiger charge is 1.98. The molecule has 0 aromatic carbocycles. The number of nitrogens with zero attached hydrogens (tertiary/aromatic N) is 1. The van der Waals surface area contributed by atoms with Gasteiger partial charge in [0, 0.05) is 5.69 Å². The molecule has 0 unspecified atom stereocenters. The standard InChI is InChI=1S/C11H16N2/c1-9(2)8-11-5-3-4-10(13-11)6-7-12/h3-7,9H,8,12H2,1-2H3/b7-6-. The summed E-state index contributed by atoms with van der Waals surface area (Å²) < 4.78 is 0. The number of aromatic nitrogens is 1. The number of hydrogen-bond acceptors (Lipinski definition) is 2. The van der Waals surface area contributed by atoms with Gasteiger partial charge in [-0.2, -0.15) is 0 Å². The fraction of sp³-hybridized carbons (Fsp3) is 0.364. The maximum Gasteiger partial charge on any atom is 0.0647 e. The zero-order chi connectivity index (χ0) is 9.68. The third-order valence-electron chi connectivity index (χ3n) is 1.71. The van der Waals surface area contributed by atoms with E-state index in [1.807, 2.05) is 24.3 Å². The summed E-state index contributed by atoms with van der Waals surface area (Å²) in [7, 11) is 0. The maximum atomic E-state index is 5.29. The molecule has 0 amide bonds. The van der Waals surface area contributed by atoms with E-state index in [1.54, 1.807) is 0 Å². The van der Waals surface area contributed by atoms with E-state index in [0.717, 1.165) is 17.8 Å². The van der Waals surface area contributed by atoms with E-state index in [2.05, 4.69) is 18.8 Å². The maximum absolute atomic E-state index is 5.29. The van der Waals surface area contributed by atoms with Crippen LogP contribution in [-0.4, -0.2) is 4.98 Å². The van der Waals surface area contributed by atoms with Crippen molar-refractivity contribution in [2.45, 2.75) is 20.3 Å². The Kier molecular flexibility index (Phi) is 3.50. The van der Waals surface area contributed by atoms with Gasteiger partial charge < -0.3 is 5.73 Å². The normalized spacial score (nSPS) is 11.3. The van der Waals surface area contributed by atoms with Gasteiger partial charge in [-0.05, 0) is 36.7 Å². The summed E-state index contributed by atoms with van der Waals surface area (Å²) in [5.74, 6) is 0.643. The van der Waals surface area contributed by atoms with Crippen LogP contribution < -0.4 is 5.73 Å². The molecule has 0 aliphatic rings. The highest BCUT2D eigenvalue weighted by Crippen LogP contribution is 2.06. The monoisotopic (exact) mass is 176 g/mol. The topological polar surface area (TPSA) is 38.9 Å². The van der Waals surface area contributed by atoms with Gasteiger partial charge in [-0.3, -0.25) is 4.98 Å². The fourth-order valence-electron chi connectivity index (χ4n) is 1.22. The summed E-state index contributed by atoms with van der Waals surface area (Å²) >= 11 is 0. The van der Waals surface area contributed by atoms with Crippen molar-refractivity contribution in [3.63, 3.8) is 0 Å². The van der Waals surface area contributed by atoms with E-state index >= 15 is 0 Å². The van der Waals surface area contributed by atoms with Crippen LogP contribution in [-0.2, 0) is 6.42 Å². The van der Waals surface area contributed by atoms with Gasteiger partial charge in [0.1, 0.15) is 0 Å². The second-order valence-electron chi connectivity index (χ2n) is 3.51. The molecule has 0 aliphatic carbocycles. The molecule has 2 N–H and O–H groups in total. The molecule has 0 aliphatic heterocycles. The van der Waals surface area contributed by atoms with Crippen molar-refractivity contribution in [3.05, 3.63) is 35.8 Å². The molecule has 70 valence electrons. The van der Waals surface area contributed by atoms with Crippen LogP contribution >= 0.6 is 0 Å². The van der Waals surface area contributed by atoms with Crippen LogP contribution in [0, 0.1) is 5.92 Å². The molecule has 1 aromatic rings. The van der Waals surface area contributed by atoms with Crippen molar-refractivity contribution in [1.82, 2.24) is 4.98 Å². The molecule has 0 spiro atoms. The first kappa shape index (κ1) is 9.78. The van der Waals surface area contributed by atoms with Gasteiger partial charge in [0.15, 0.2) is 0 Å². The van der Waals surface area contributed by atoms with Gasteiger partial charge in [-0.15, -0.1) is 0 Å². The van der Waals surface area contributed by atoms with E-state index in [4.69, 9.17) is 5.73 Å². The van der Waals surface area contributed by atoms with Crippen molar-refractivity contribution in [3.8, 4) is 0 Å². The summed E-state index contributed by atoms with van der Waals surface area (Å²) in [4.78, 5) is 4.44. The first-order valence-electron chi connectivity index (χ1n) is 4.56. The van der Waals surface area contributed by atoms with Crippen LogP contribution in [0.4, 0.5) is 0 Å². The predicted octanol–water partition coefficient (Wildman–Crippen LogP) is 2.21. The van der Waals surface area contributed by atoms with Crippen molar-refractivity contribution in [2.75, 3.05) is 0 Å². The summed E-state index contributed by atoms with van der Waals surface area (Å²) in [5.41, 5.74) is 7.35. The molecule has 2 nitrogen and oxygen atoms in total. The van der Waals surface area contributed by atoms with Crippen LogP contribution in [0.5, 0.6) is 0 Å². The molecular formula is C11H16N2. The summed E-state index contributed by atoms with van der Waals surface area (Å²) in [6, 6.07) is 6.01. The molecular weight excluding hydrogens is 160 g/mol. The fourth-order valence-corrected chi connectivity index (χ4v) is 1.22. The average molecular weight is 176 g/mol. The summed E-state index contributed by atoms with van der Waals surface area (Å²) in [6.07, 6.45) is 4.34. The third-order valence-corrected chi connectivity index (χ3v) is 1.71. The van der Waals surface area contributed by atoms with E-state index < -0.39 is 0 Å². The lowest BCUT2D eigenvalue weighted by Crippen LogP contribution is -1.97. The van der Waals surface area contributed by atoms with Gasteiger partial charge in [0.25, 0.3) is 0 Å². The Morgan fingerprint density at radius 2 is 2.23 bits per heavy atom. The number of pyridine rings is 1. The lowest BCUT2D eigenvalue weighted by molar-refractivity contribution is 0.635. The minimum Gasteiger partial charge on any atom is -0.405 e. The van der Waals surface area contributed by atoms with Crippen molar-refractivity contribution in [2.24, 2.45) is 11.7 Å². The van der Waals surface area contributed by atoms with Crippen molar-refractivity contribution >= 4 is 6.08 Å². The zero-order valence-electron chi connectivity index (χ0n) is 8.20. The molecule has 2 heteroatoms. The molecule has 1 rings (SSSR count). The zero-order valence-corrected chi connectivity index (χ0v) is 8.20. The minimum atomic E-state index is 0.643. The second kappa shape index (κ2) is 4.65. The first-order valence-corrected chi connectivity index (χ1v) is 4.56. The minimum absolute atomic E-state index is 0.643. The van der Waals surface area contributed by atoms with Crippen molar-refractivity contribution < 1.29 is 0 Å². The molecule has 0 atom stereocenters. The Morgan fingerprint density at radius 3 is 2.85 bits per heavy atom. The summed E-state index contributed by atoms with van der Waals surface area (Å²) in [5, 5.41) is 0. The molecule has 0 saturated carbocycles. The summed E-state index contributed by atoms with van der Waals surface area (Å²) in [6.45, 7) is 4.38. The van der Waals surface area contributed by atoms with Crippen LogP contribution in [0.2, 0.25) is 0 Å². The molecule has 0 saturated heterocycles. The highest BCUT2D eigenvalue weighted by molar-refractivity contribution is 5.43. The average Bonchev–Trinajstić information content (AvgIpc) is 2.04. The van der Waals surface area contributed by atoms with Crippen LogP contribution in [0.3, 0.4) is 0 Å². The molecule has 0 radical (unpaired) electrons. The number of hydrogen-bond donors (Lipinski definition) is 1. The Morgan fingerprint density at radius 1 is 1.46 bits per heavy atom. The predicted molar refractivity (Wildman–Crippen MR) is 56.0 cm³/mol. The van der Waals surface area contributed by atoms with E-state index in [0.29, 0.717) is 5.92 Å². The van der Waals surface area contributed by atoms with Crippen LogP contribution in [0.15, 0.2) is 24.4 Å². The Hall–Kier alpha value is -1.31. The third kappa shape index (κ3) is 3.28. The van der Waals surface area contributed by atoms with E-state index in [-0.39, 0.29) is 0 Å². The lowest BCUT2D eigenvalue weighted by atomic mass is 10.1.